The molecule has 2 rings (SSSR count). The molecule has 0 unspecified atom stereocenters. The number of hydrogen-bond donors (Lipinski definition) is 1. The smallest absolute Gasteiger partial charge is 0.0360 e. The van der Waals surface area contributed by atoms with E-state index in [4.69, 9.17) is 0 Å². The first kappa shape index (κ1) is 11.7. The Balaban J connectivity index is 2.31. The molecule has 0 aromatic carbocycles. The van der Waals surface area contributed by atoms with Crippen molar-refractivity contribution >= 4 is 0 Å². The summed E-state index contributed by atoms with van der Waals surface area (Å²) in [4.78, 5) is 0. The van der Waals surface area contributed by atoms with E-state index in [0.717, 1.165) is 12.5 Å². The highest BCUT2D eigenvalue weighted by atomic mass is 15.1. The number of piperidine rings is 1. The summed E-state index contributed by atoms with van der Waals surface area (Å²) in [5.41, 5.74) is 3.03. The van der Waals surface area contributed by atoms with Gasteiger partial charge in [-0.1, -0.05) is 20.8 Å². The Kier molecular flexibility index (Phi) is 3.70. The molecular weight excluding hydrogens is 196 g/mol. The molecule has 1 N–H and O–H groups in total. The lowest BCUT2D eigenvalue weighted by atomic mass is 10.0. The molecule has 90 valence electrons. The van der Waals surface area contributed by atoms with Gasteiger partial charge in [-0.05, 0) is 50.4 Å². The van der Waals surface area contributed by atoms with Crippen molar-refractivity contribution in [2.24, 2.45) is 0 Å². The molecule has 1 aliphatic heterocycles. The predicted molar refractivity (Wildman–Crippen MR) is 69.0 cm³/mol. The van der Waals surface area contributed by atoms with Gasteiger partial charge >= 0.3 is 0 Å². The molecule has 2 nitrogen and oxygen atoms in total. The molecule has 0 spiro atoms. The fourth-order valence-corrected chi connectivity index (χ4v) is 2.78. The summed E-state index contributed by atoms with van der Waals surface area (Å²) < 4.78 is 2.62. The topological polar surface area (TPSA) is 17.0 Å². The summed E-state index contributed by atoms with van der Waals surface area (Å²) in [6, 6.07) is 5.37. The van der Waals surface area contributed by atoms with Crippen LogP contribution in [0.2, 0.25) is 0 Å². The molecule has 0 amide bonds. The Labute approximate surface area is 99.0 Å². The molecule has 16 heavy (non-hydrogen) atoms. The van der Waals surface area contributed by atoms with Crippen molar-refractivity contribution in [1.29, 1.82) is 0 Å². The average Bonchev–Trinajstić information content (AvgIpc) is 2.73. The van der Waals surface area contributed by atoms with E-state index in [1.165, 1.54) is 37.3 Å². The first-order chi connectivity index (χ1) is 7.74. The summed E-state index contributed by atoms with van der Waals surface area (Å²) in [6.45, 7) is 9.20. The number of aryl methyl sites for hydroxylation is 1. The van der Waals surface area contributed by atoms with Gasteiger partial charge in [-0.15, -0.1) is 0 Å². The third kappa shape index (κ3) is 2.17. The van der Waals surface area contributed by atoms with Gasteiger partial charge in [0.05, 0.1) is 0 Å². The molecule has 0 aliphatic carbocycles. The lowest BCUT2D eigenvalue weighted by Crippen LogP contribution is -2.30. The second-order valence-corrected chi connectivity index (χ2v) is 5.11. The van der Waals surface area contributed by atoms with Crippen LogP contribution in [0.25, 0.3) is 0 Å². The van der Waals surface area contributed by atoms with Crippen molar-refractivity contribution < 1.29 is 0 Å². The molecule has 0 atom stereocenters. The zero-order valence-corrected chi connectivity index (χ0v) is 10.8. The molecule has 1 aliphatic rings. The molecule has 2 heteroatoms. The number of nitrogens with zero attached hydrogens (tertiary/aromatic N) is 1. The summed E-state index contributed by atoms with van der Waals surface area (Å²) in [6.07, 6.45) is 3.71. The van der Waals surface area contributed by atoms with Gasteiger partial charge in [0.1, 0.15) is 0 Å². The minimum Gasteiger partial charge on any atom is -0.345 e. The zero-order valence-electron chi connectivity index (χ0n) is 10.8. The van der Waals surface area contributed by atoms with Crippen molar-refractivity contribution in [3.8, 4) is 0 Å². The Bertz CT molecular complexity index is 333. The summed E-state index contributed by atoms with van der Waals surface area (Å²) in [5, 5.41) is 3.45. The maximum Gasteiger partial charge on any atom is 0.0360 e. The quantitative estimate of drug-likeness (QED) is 0.828. The van der Waals surface area contributed by atoms with E-state index < -0.39 is 0 Å². The van der Waals surface area contributed by atoms with E-state index in [1.807, 2.05) is 0 Å². The predicted octanol–water partition coefficient (Wildman–Crippen LogP) is 3.10. The maximum atomic E-state index is 3.45. The SMILES string of the molecule is CCc1ccc(C(C)C)n1C1CCNCC1. The number of nitrogens with one attached hydrogen (secondary N) is 1. The number of rotatable bonds is 3. The van der Waals surface area contributed by atoms with E-state index >= 15 is 0 Å². The van der Waals surface area contributed by atoms with Crippen LogP contribution in [0.1, 0.15) is 57.0 Å². The lowest BCUT2D eigenvalue weighted by Gasteiger charge is -2.29. The van der Waals surface area contributed by atoms with Gasteiger partial charge in [0.25, 0.3) is 0 Å². The van der Waals surface area contributed by atoms with Crippen LogP contribution in [0.5, 0.6) is 0 Å². The standard InChI is InChI=1S/C14H24N2/c1-4-12-5-6-14(11(2)3)16(12)13-7-9-15-10-8-13/h5-6,11,13,15H,4,7-10H2,1-3H3. The normalized spacial score (nSPS) is 18.2. The zero-order chi connectivity index (χ0) is 11.5. The fourth-order valence-electron chi connectivity index (χ4n) is 2.78. The molecule has 0 saturated carbocycles. The molecule has 1 fully saturated rings. The maximum absolute atomic E-state index is 3.45. The van der Waals surface area contributed by atoms with E-state index in [9.17, 15) is 0 Å². The van der Waals surface area contributed by atoms with E-state index in [0.29, 0.717) is 5.92 Å². The van der Waals surface area contributed by atoms with Crippen LogP contribution in [-0.4, -0.2) is 17.7 Å². The van der Waals surface area contributed by atoms with Crippen molar-refractivity contribution in [1.82, 2.24) is 9.88 Å². The van der Waals surface area contributed by atoms with E-state index in [1.54, 1.807) is 0 Å². The second-order valence-electron chi connectivity index (χ2n) is 5.11. The van der Waals surface area contributed by atoms with Gasteiger partial charge in [-0.25, -0.2) is 0 Å². The Morgan fingerprint density at radius 3 is 2.56 bits per heavy atom. The van der Waals surface area contributed by atoms with Gasteiger partial charge in [0.2, 0.25) is 0 Å². The first-order valence-corrected chi connectivity index (χ1v) is 6.64. The Hall–Kier alpha value is -0.760. The monoisotopic (exact) mass is 220 g/mol. The first-order valence-electron chi connectivity index (χ1n) is 6.64. The highest BCUT2D eigenvalue weighted by Gasteiger charge is 2.20. The third-order valence-corrected chi connectivity index (χ3v) is 3.66. The largest absolute Gasteiger partial charge is 0.345 e. The molecule has 0 radical (unpaired) electrons. The van der Waals surface area contributed by atoms with Crippen LogP contribution < -0.4 is 5.32 Å². The molecular formula is C14H24N2. The number of hydrogen-bond acceptors (Lipinski definition) is 1. The van der Waals surface area contributed by atoms with Crippen LogP contribution >= 0.6 is 0 Å². The fraction of sp³-hybridized carbons (Fsp3) is 0.714. The van der Waals surface area contributed by atoms with Crippen LogP contribution in [-0.2, 0) is 6.42 Å². The number of aromatic nitrogens is 1. The van der Waals surface area contributed by atoms with Gasteiger partial charge in [-0.2, -0.15) is 0 Å². The summed E-state index contributed by atoms with van der Waals surface area (Å²) in [5.74, 6) is 0.634. The Morgan fingerprint density at radius 1 is 1.31 bits per heavy atom. The highest BCUT2D eigenvalue weighted by molar-refractivity contribution is 5.20. The van der Waals surface area contributed by atoms with Gasteiger partial charge in [-0.3, -0.25) is 0 Å². The molecule has 0 bridgehead atoms. The molecule has 1 saturated heterocycles. The minimum atomic E-state index is 0.634. The molecule has 1 aromatic rings. The lowest BCUT2D eigenvalue weighted by molar-refractivity contribution is 0.352. The van der Waals surface area contributed by atoms with Crippen molar-refractivity contribution in [3.05, 3.63) is 23.5 Å². The van der Waals surface area contributed by atoms with E-state index in [2.05, 4.69) is 42.8 Å². The highest BCUT2D eigenvalue weighted by Crippen LogP contribution is 2.28. The average molecular weight is 220 g/mol. The van der Waals surface area contributed by atoms with Gasteiger partial charge in [0, 0.05) is 17.4 Å². The summed E-state index contributed by atoms with van der Waals surface area (Å²) in [7, 11) is 0. The summed E-state index contributed by atoms with van der Waals surface area (Å²) >= 11 is 0. The Morgan fingerprint density at radius 2 is 2.00 bits per heavy atom. The van der Waals surface area contributed by atoms with Gasteiger partial charge < -0.3 is 9.88 Å². The van der Waals surface area contributed by atoms with E-state index in [-0.39, 0.29) is 0 Å². The van der Waals surface area contributed by atoms with Crippen molar-refractivity contribution in [2.45, 2.75) is 52.0 Å². The molecule has 2 heterocycles. The van der Waals surface area contributed by atoms with Crippen LogP contribution in [0.15, 0.2) is 12.1 Å². The second kappa shape index (κ2) is 5.05. The van der Waals surface area contributed by atoms with Crippen LogP contribution in [0.4, 0.5) is 0 Å². The minimum absolute atomic E-state index is 0.634. The van der Waals surface area contributed by atoms with Crippen molar-refractivity contribution in [3.63, 3.8) is 0 Å². The van der Waals surface area contributed by atoms with Crippen molar-refractivity contribution in [2.75, 3.05) is 13.1 Å². The third-order valence-electron chi connectivity index (χ3n) is 3.66. The van der Waals surface area contributed by atoms with Crippen LogP contribution in [0.3, 0.4) is 0 Å². The van der Waals surface area contributed by atoms with Gasteiger partial charge in [0.15, 0.2) is 0 Å². The molecule has 1 aromatic heterocycles. The van der Waals surface area contributed by atoms with Crippen LogP contribution in [0, 0.1) is 0 Å².